The van der Waals surface area contributed by atoms with Crippen LogP contribution >= 0.6 is 12.4 Å². The summed E-state index contributed by atoms with van der Waals surface area (Å²) in [6.07, 6.45) is 0.358. The summed E-state index contributed by atoms with van der Waals surface area (Å²) in [6.45, 7) is 3.43. The summed E-state index contributed by atoms with van der Waals surface area (Å²) in [6, 6.07) is 7.44. The Bertz CT molecular complexity index is 561. The Balaban J connectivity index is 0.00000176. The number of ether oxygens (including phenoxy) is 1. The molecule has 2 unspecified atom stereocenters. The van der Waals surface area contributed by atoms with Crippen LogP contribution in [0.5, 0.6) is 5.75 Å². The standard InChI is InChI=1S/C15H19N3O3.ClH/c1-10-15(20)18(12-4-2-3-5-13(12)21-10)9-14(19)17-11-6-7-16-8-11;/h2-5,10-11,16H,6-9H2,1H3,(H,17,19);1H. The van der Waals surface area contributed by atoms with E-state index < -0.39 is 6.10 Å². The van der Waals surface area contributed by atoms with Crippen molar-refractivity contribution in [3.05, 3.63) is 24.3 Å². The van der Waals surface area contributed by atoms with Crippen LogP contribution in [0.25, 0.3) is 0 Å². The SMILES string of the molecule is CC1Oc2ccccc2N(CC(=O)NC2CCNC2)C1=O.Cl. The largest absolute Gasteiger partial charge is 0.479 e. The molecule has 7 heteroatoms. The van der Waals surface area contributed by atoms with E-state index >= 15 is 0 Å². The molecule has 120 valence electrons. The number of carbonyl (C=O) groups is 2. The van der Waals surface area contributed by atoms with Crippen LogP contribution in [0.4, 0.5) is 5.69 Å². The Kier molecular flexibility index (Phi) is 5.26. The summed E-state index contributed by atoms with van der Waals surface area (Å²) >= 11 is 0. The van der Waals surface area contributed by atoms with Crippen LogP contribution in [-0.2, 0) is 9.59 Å². The summed E-state index contributed by atoms with van der Waals surface area (Å²) in [5, 5.41) is 6.15. The van der Waals surface area contributed by atoms with Gasteiger partial charge in [0.1, 0.15) is 12.3 Å². The molecular formula is C15H20ClN3O3. The van der Waals surface area contributed by atoms with Crippen molar-refractivity contribution in [3.8, 4) is 5.75 Å². The van der Waals surface area contributed by atoms with E-state index in [2.05, 4.69) is 10.6 Å². The third-order valence-corrected chi connectivity index (χ3v) is 3.80. The number of nitrogens with zero attached hydrogens (tertiary/aromatic N) is 1. The predicted molar refractivity (Wildman–Crippen MR) is 85.6 cm³/mol. The minimum atomic E-state index is -0.569. The molecule has 1 saturated heterocycles. The highest BCUT2D eigenvalue weighted by Gasteiger charge is 2.32. The molecule has 1 aromatic carbocycles. The summed E-state index contributed by atoms with van der Waals surface area (Å²) in [5.74, 6) is 0.314. The average Bonchev–Trinajstić information content (AvgIpc) is 2.96. The van der Waals surface area contributed by atoms with Crippen molar-refractivity contribution in [3.63, 3.8) is 0 Å². The van der Waals surface area contributed by atoms with Gasteiger partial charge < -0.3 is 15.4 Å². The molecule has 0 spiro atoms. The van der Waals surface area contributed by atoms with Crippen LogP contribution in [0.1, 0.15) is 13.3 Å². The van der Waals surface area contributed by atoms with Crippen molar-refractivity contribution in [2.45, 2.75) is 25.5 Å². The lowest BCUT2D eigenvalue weighted by molar-refractivity contribution is -0.128. The minimum Gasteiger partial charge on any atom is -0.479 e. The average molecular weight is 326 g/mol. The van der Waals surface area contributed by atoms with Gasteiger partial charge in [-0.25, -0.2) is 0 Å². The lowest BCUT2D eigenvalue weighted by Gasteiger charge is -2.32. The Morgan fingerprint density at radius 1 is 1.45 bits per heavy atom. The Labute approximate surface area is 135 Å². The Hall–Kier alpha value is -1.79. The van der Waals surface area contributed by atoms with Gasteiger partial charge in [0.05, 0.1) is 5.69 Å². The van der Waals surface area contributed by atoms with Gasteiger partial charge in [0.2, 0.25) is 5.91 Å². The van der Waals surface area contributed by atoms with Crippen molar-refractivity contribution in [1.82, 2.24) is 10.6 Å². The molecule has 1 aromatic rings. The van der Waals surface area contributed by atoms with Crippen LogP contribution in [-0.4, -0.2) is 43.6 Å². The molecule has 0 radical (unpaired) electrons. The van der Waals surface area contributed by atoms with E-state index in [-0.39, 0.29) is 36.8 Å². The number of benzene rings is 1. The summed E-state index contributed by atoms with van der Waals surface area (Å²) in [7, 11) is 0. The third-order valence-electron chi connectivity index (χ3n) is 3.80. The fourth-order valence-corrected chi connectivity index (χ4v) is 2.72. The highest BCUT2D eigenvalue weighted by molar-refractivity contribution is 6.03. The van der Waals surface area contributed by atoms with Gasteiger partial charge in [-0.1, -0.05) is 12.1 Å². The number of carbonyl (C=O) groups excluding carboxylic acids is 2. The van der Waals surface area contributed by atoms with Crippen LogP contribution in [0.3, 0.4) is 0 Å². The quantitative estimate of drug-likeness (QED) is 0.858. The van der Waals surface area contributed by atoms with E-state index in [9.17, 15) is 9.59 Å². The van der Waals surface area contributed by atoms with Gasteiger partial charge in [0.15, 0.2) is 6.10 Å². The number of nitrogens with one attached hydrogen (secondary N) is 2. The highest BCUT2D eigenvalue weighted by atomic mass is 35.5. The molecule has 1 fully saturated rings. The smallest absolute Gasteiger partial charge is 0.268 e. The number of anilines is 1. The molecule has 0 aliphatic carbocycles. The van der Waals surface area contributed by atoms with Crippen LogP contribution in [0.15, 0.2) is 24.3 Å². The molecule has 3 rings (SSSR count). The van der Waals surface area contributed by atoms with Crippen molar-refractivity contribution in [1.29, 1.82) is 0 Å². The second-order valence-electron chi connectivity index (χ2n) is 5.41. The van der Waals surface area contributed by atoms with E-state index in [1.165, 1.54) is 4.90 Å². The molecule has 0 saturated carbocycles. The number of halogens is 1. The first-order chi connectivity index (χ1) is 10.1. The number of fused-ring (bicyclic) bond motifs is 1. The third kappa shape index (κ3) is 3.34. The molecule has 2 atom stereocenters. The number of hydrogen-bond acceptors (Lipinski definition) is 4. The van der Waals surface area contributed by atoms with Crippen LogP contribution in [0, 0.1) is 0 Å². The Morgan fingerprint density at radius 2 is 2.23 bits per heavy atom. The number of amides is 2. The molecule has 2 heterocycles. The molecule has 22 heavy (non-hydrogen) atoms. The zero-order valence-electron chi connectivity index (χ0n) is 12.4. The number of para-hydroxylation sites is 2. The van der Waals surface area contributed by atoms with Crippen molar-refractivity contribution in [2.75, 3.05) is 24.5 Å². The van der Waals surface area contributed by atoms with Gasteiger partial charge in [0.25, 0.3) is 5.91 Å². The van der Waals surface area contributed by atoms with Gasteiger partial charge in [-0.3, -0.25) is 14.5 Å². The molecule has 2 N–H and O–H groups in total. The minimum absolute atomic E-state index is 0. The summed E-state index contributed by atoms with van der Waals surface area (Å²) in [5.41, 5.74) is 0.653. The molecule has 2 aliphatic rings. The van der Waals surface area contributed by atoms with Crippen LogP contribution in [0.2, 0.25) is 0 Å². The maximum Gasteiger partial charge on any atom is 0.268 e. The first-order valence-electron chi connectivity index (χ1n) is 7.22. The monoisotopic (exact) mass is 325 g/mol. The normalized spacial score (nSPS) is 23.3. The lowest BCUT2D eigenvalue weighted by atomic mass is 10.2. The maximum absolute atomic E-state index is 12.3. The maximum atomic E-state index is 12.3. The van der Waals surface area contributed by atoms with E-state index in [4.69, 9.17) is 4.74 Å². The highest BCUT2D eigenvalue weighted by Crippen LogP contribution is 2.33. The van der Waals surface area contributed by atoms with Gasteiger partial charge in [-0.15, -0.1) is 12.4 Å². The molecule has 2 aliphatic heterocycles. The zero-order chi connectivity index (χ0) is 14.8. The van der Waals surface area contributed by atoms with Crippen molar-refractivity contribution < 1.29 is 14.3 Å². The number of rotatable bonds is 3. The molecule has 0 aromatic heterocycles. The number of hydrogen-bond donors (Lipinski definition) is 2. The van der Waals surface area contributed by atoms with E-state index in [0.29, 0.717) is 11.4 Å². The molecule has 0 bridgehead atoms. The van der Waals surface area contributed by atoms with Crippen molar-refractivity contribution >= 4 is 29.9 Å². The fraction of sp³-hybridized carbons (Fsp3) is 0.467. The van der Waals surface area contributed by atoms with E-state index in [0.717, 1.165) is 19.5 Å². The molecule has 6 nitrogen and oxygen atoms in total. The van der Waals surface area contributed by atoms with Crippen LogP contribution < -0.4 is 20.3 Å². The van der Waals surface area contributed by atoms with Gasteiger partial charge in [-0.05, 0) is 32.0 Å². The van der Waals surface area contributed by atoms with E-state index in [1.54, 1.807) is 13.0 Å². The Morgan fingerprint density at radius 3 is 2.95 bits per heavy atom. The zero-order valence-corrected chi connectivity index (χ0v) is 13.2. The first kappa shape index (κ1) is 16.6. The molecular weight excluding hydrogens is 306 g/mol. The van der Waals surface area contributed by atoms with E-state index in [1.807, 2.05) is 18.2 Å². The fourth-order valence-electron chi connectivity index (χ4n) is 2.72. The first-order valence-corrected chi connectivity index (χ1v) is 7.22. The van der Waals surface area contributed by atoms with Crippen molar-refractivity contribution in [2.24, 2.45) is 0 Å². The predicted octanol–water partition coefficient (Wildman–Crippen LogP) is 0.700. The van der Waals surface area contributed by atoms with Gasteiger partial charge >= 0.3 is 0 Å². The second-order valence-corrected chi connectivity index (χ2v) is 5.41. The topological polar surface area (TPSA) is 70.7 Å². The second kappa shape index (κ2) is 6.98. The van der Waals surface area contributed by atoms with Gasteiger partial charge in [-0.2, -0.15) is 0 Å². The lowest BCUT2D eigenvalue weighted by Crippen LogP contribution is -2.50. The summed E-state index contributed by atoms with van der Waals surface area (Å²) in [4.78, 5) is 25.9. The van der Waals surface area contributed by atoms with Gasteiger partial charge in [0, 0.05) is 12.6 Å². The molecule has 2 amide bonds. The summed E-state index contributed by atoms with van der Waals surface area (Å²) < 4.78 is 5.56.